The Morgan fingerprint density at radius 3 is 2.03 bits per heavy atom. The molecule has 0 aliphatic carbocycles. The van der Waals surface area contributed by atoms with Crippen LogP contribution < -0.4 is 10.6 Å². The maximum Gasteiger partial charge on any atom is 0.408 e. The number of benzene rings is 1. The Morgan fingerprint density at radius 2 is 1.57 bits per heavy atom. The van der Waals surface area contributed by atoms with Crippen molar-refractivity contribution < 1.29 is 19.1 Å². The SMILES string of the molecule is CCCCN(C(=O)C(NC(=O)OC(C)(C)C)C(C)CC)C(C(=O)NC(C)C)c1ccc(CC)cc1. The third-order valence-corrected chi connectivity index (χ3v) is 5.88. The monoisotopic (exact) mass is 489 g/mol. The number of amides is 3. The van der Waals surface area contributed by atoms with Crippen LogP contribution in [0.1, 0.15) is 98.7 Å². The topological polar surface area (TPSA) is 87.7 Å². The van der Waals surface area contributed by atoms with Gasteiger partial charge in [-0.25, -0.2) is 4.79 Å². The molecule has 2 N–H and O–H groups in total. The molecule has 7 heteroatoms. The summed E-state index contributed by atoms with van der Waals surface area (Å²) in [6.45, 7) is 17.6. The van der Waals surface area contributed by atoms with E-state index in [-0.39, 0.29) is 23.8 Å². The number of hydrogen-bond donors (Lipinski definition) is 2. The third kappa shape index (κ3) is 9.90. The highest BCUT2D eigenvalue weighted by Crippen LogP contribution is 2.26. The van der Waals surface area contributed by atoms with Crippen LogP contribution in [0.5, 0.6) is 0 Å². The highest BCUT2D eigenvalue weighted by molar-refractivity contribution is 5.92. The lowest BCUT2D eigenvalue weighted by molar-refractivity contribution is -0.143. The molecule has 0 heterocycles. The van der Waals surface area contributed by atoms with Crippen molar-refractivity contribution in [2.24, 2.45) is 5.92 Å². The van der Waals surface area contributed by atoms with Gasteiger partial charge in [0.2, 0.25) is 11.8 Å². The molecule has 7 nitrogen and oxygen atoms in total. The van der Waals surface area contributed by atoms with E-state index in [4.69, 9.17) is 4.74 Å². The quantitative estimate of drug-likeness (QED) is 0.412. The highest BCUT2D eigenvalue weighted by Gasteiger charge is 2.38. The molecule has 0 saturated carbocycles. The first-order chi connectivity index (χ1) is 16.3. The molecule has 198 valence electrons. The number of carbonyl (C=O) groups is 3. The summed E-state index contributed by atoms with van der Waals surface area (Å²) in [5.74, 6) is -0.647. The Hall–Kier alpha value is -2.57. The Kier molecular flexibility index (Phi) is 12.3. The van der Waals surface area contributed by atoms with Crippen LogP contribution >= 0.6 is 0 Å². The first kappa shape index (κ1) is 30.5. The molecule has 0 fully saturated rings. The molecule has 3 amide bonds. The fraction of sp³-hybridized carbons (Fsp3) is 0.679. The van der Waals surface area contributed by atoms with Crippen molar-refractivity contribution in [3.63, 3.8) is 0 Å². The standard InChI is InChI=1S/C28H47N3O4/c1-10-13-18-31(26(33)23(20(6)11-2)30-27(34)35-28(7,8)9)24(25(32)29-19(4)5)22-16-14-21(12-3)15-17-22/h14-17,19-20,23-24H,10-13,18H2,1-9H3,(H,29,32)(H,30,34). The molecule has 1 aromatic rings. The van der Waals surface area contributed by atoms with Crippen LogP contribution in [0.15, 0.2) is 24.3 Å². The summed E-state index contributed by atoms with van der Waals surface area (Å²) in [6.07, 6.45) is 2.54. The van der Waals surface area contributed by atoms with E-state index in [9.17, 15) is 14.4 Å². The zero-order valence-electron chi connectivity index (χ0n) is 23.2. The predicted molar refractivity (Wildman–Crippen MR) is 141 cm³/mol. The largest absolute Gasteiger partial charge is 0.444 e. The van der Waals surface area contributed by atoms with Gasteiger partial charge in [0, 0.05) is 12.6 Å². The number of nitrogens with one attached hydrogen (secondary N) is 2. The second-order valence-electron chi connectivity index (χ2n) is 10.6. The third-order valence-electron chi connectivity index (χ3n) is 5.88. The Labute approximate surface area is 212 Å². The van der Waals surface area contributed by atoms with Gasteiger partial charge in [-0.05, 0) is 64.5 Å². The van der Waals surface area contributed by atoms with Crippen molar-refractivity contribution >= 4 is 17.9 Å². The normalized spacial score (nSPS) is 14.1. The second kappa shape index (κ2) is 14.1. The molecular weight excluding hydrogens is 442 g/mol. The number of rotatable bonds is 12. The van der Waals surface area contributed by atoms with Crippen LogP contribution in [0.2, 0.25) is 0 Å². The van der Waals surface area contributed by atoms with Gasteiger partial charge in [0.1, 0.15) is 17.7 Å². The van der Waals surface area contributed by atoms with Crippen molar-refractivity contribution in [3.8, 4) is 0 Å². The molecule has 1 aromatic carbocycles. The number of ether oxygens (including phenoxy) is 1. The molecule has 0 radical (unpaired) electrons. The maximum absolute atomic E-state index is 14.1. The molecule has 0 saturated heterocycles. The molecule has 0 aromatic heterocycles. The van der Waals surface area contributed by atoms with Crippen molar-refractivity contribution in [2.45, 2.75) is 112 Å². The minimum absolute atomic E-state index is 0.0757. The lowest BCUT2D eigenvalue weighted by Gasteiger charge is -2.36. The van der Waals surface area contributed by atoms with E-state index in [1.165, 1.54) is 0 Å². The molecule has 0 aliphatic rings. The summed E-state index contributed by atoms with van der Waals surface area (Å²) in [7, 11) is 0. The van der Waals surface area contributed by atoms with Crippen molar-refractivity contribution in [1.29, 1.82) is 0 Å². The summed E-state index contributed by atoms with van der Waals surface area (Å²) in [5.41, 5.74) is 1.23. The van der Waals surface area contributed by atoms with E-state index in [1.807, 2.05) is 58.9 Å². The fourth-order valence-electron chi connectivity index (χ4n) is 3.76. The minimum atomic E-state index is -0.809. The van der Waals surface area contributed by atoms with Gasteiger partial charge in [0.25, 0.3) is 0 Å². The van der Waals surface area contributed by atoms with Gasteiger partial charge in [-0.15, -0.1) is 0 Å². The van der Waals surface area contributed by atoms with Crippen molar-refractivity contribution in [2.75, 3.05) is 6.54 Å². The van der Waals surface area contributed by atoms with Gasteiger partial charge in [-0.1, -0.05) is 64.8 Å². The Bertz CT molecular complexity index is 814. The van der Waals surface area contributed by atoms with Crippen LogP contribution in [0, 0.1) is 5.92 Å². The van der Waals surface area contributed by atoms with Crippen molar-refractivity contribution in [3.05, 3.63) is 35.4 Å². The van der Waals surface area contributed by atoms with E-state index in [0.717, 1.165) is 30.4 Å². The molecule has 1 rings (SSSR count). The van der Waals surface area contributed by atoms with Crippen LogP contribution in [0.3, 0.4) is 0 Å². The fourth-order valence-corrected chi connectivity index (χ4v) is 3.76. The molecular formula is C28H47N3O4. The number of unbranched alkanes of at least 4 members (excludes halogenated alkanes) is 1. The molecule has 0 aliphatic heterocycles. The van der Waals surface area contributed by atoms with E-state index in [1.54, 1.807) is 25.7 Å². The van der Waals surface area contributed by atoms with E-state index in [0.29, 0.717) is 13.0 Å². The van der Waals surface area contributed by atoms with Crippen LogP contribution in [-0.2, 0) is 20.7 Å². The van der Waals surface area contributed by atoms with Crippen LogP contribution in [-0.4, -0.2) is 47.0 Å². The Morgan fingerprint density at radius 1 is 0.971 bits per heavy atom. The molecule has 35 heavy (non-hydrogen) atoms. The van der Waals surface area contributed by atoms with E-state index in [2.05, 4.69) is 17.6 Å². The van der Waals surface area contributed by atoms with Gasteiger partial charge >= 0.3 is 6.09 Å². The average molecular weight is 490 g/mol. The lowest BCUT2D eigenvalue weighted by Crippen LogP contribution is -2.55. The highest BCUT2D eigenvalue weighted by atomic mass is 16.6. The number of hydrogen-bond acceptors (Lipinski definition) is 4. The number of nitrogens with zero attached hydrogens (tertiary/aromatic N) is 1. The second-order valence-corrected chi connectivity index (χ2v) is 10.6. The number of aryl methyl sites for hydroxylation is 1. The van der Waals surface area contributed by atoms with E-state index >= 15 is 0 Å². The van der Waals surface area contributed by atoms with E-state index < -0.39 is 23.8 Å². The predicted octanol–water partition coefficient (Wildman–Crippen LogP) is 5.38. The van der Waals surface area contributed by atoms with Crippen LogP contribution in [0.4, 0.5) is 4.79 Å². The molecule has 0 spiro atoms. The zero-order valence-corrected chi connectivity index (χ0v) is 23.2. The van der Waals surface area contributed by atoms with Gasteiger partial charge in [0.05, 0.1) is 0 Å². The van der Waals surface area contributed by atoms with Gasteiger partial charge in [0.15, 0.2) is 0 Å². The summed E-state index contributed by atoms with van der Waals surface area (Å²) in [6, 6.07) is 6.17. The average Bonchev–Trinajstić information content (AvgIpc) is 2.77. The lowest BCUT2D eigenvalue weighted by atomic mass is 9.95. The Balaban J connectivity index is 3.48. The molecule has 3 atom stereocenters. The van der Waals surface area contributed by atoms with Gasteiger partial charge in [-0.3, -0.25) is 9.59 Å². The summed E-state index contributed by atoms with van der Waals surface area (Å²) in [4.78, 5) is 41.8. The van der Waals surface area contributed by atoms with Crippen molar-refractivity contribution in [1.82, 2.24) is 15.5 Å². The first-order valence-electron chi connectivity index (χ1n) is 13.0. The summed E-state index contributed by atoms with van der Waals surface area (Å²) >= 11 is 0. The summed E-state index contributed by atoms with van der Waals surface area (Å²) in [5, 5.41) is 5.79. The molecule has 3 unspecified atom stereocenters. The summed E-state index contributed by atoms with van der Waals surface area (Å²) < 4.78 is 5.44. The van der Waals surface area contributed by atoms with Gasteiger partial charge < -0.3 is 20.3 Å². The molecule has 0 bridgehead atoms. The van der Waals surface area contributed by atoms with Crippen LogP contribution in [0.25, 0.3) is 0 Å². The maximum atomic E-state index is 14.1. The zero-order chi connectivity index (χ0) is 26.8. The smallest absolute Gasteiger partial charge is 0.408 e. The first-order valence-corrected chi connectivity index (χ1v) is 13.0. The number of carbonyl (C=O) groups excluding carboxylic acids is 3. The number of alkyl carbamates (subject to hydrolysis) is 1. The van der Waals surface area contributed by atoms with Gasteiger partial charge in [-0.2, -0.15) is 0 Å². The minimum Gasteiger partial charge on any atom is -0.444 e.